The number of aliphatic hydroxyl groups is 4. The Morgan fingerprint density at radius 3 is 1.55 bits per heavy atom. The Bertz CT molecular complexity index is 1070. The number of rotatable bonds is 39. The molecule has 9 nitrogen and oxygen atoms in total. The molecule has 0 spiro atoms. The van der Waals surface area contributed by atoms with Crippen LogP contribution < -0.4 is 0 Å². The highest BCUT2D eigenvalue weighted by Crippen LogP contribution is 2.22. The van der Waals surface area contributed by atoms with Crippen molar-refractivity contribution in [3.8, 4) is 0 Å². The van der Waals surface area contributed by atoms with E-state index >= 15 is 0 Å². The molecular formula is C49H86O9. The van der Waals surface area contributed by atoms with Gasteiger partial charge in [0.15, 0.2) is 6.29 Å². The quantitative estimate of drug-likeness (QED) is 0.0272. The average Bonchev–Trinajstić information content (AvgIpc) is 3.22. The van der Waals surface area contributed by atoms with Crippen molar-refractivity contribution >= 4 is 5.97 Å². The van der Waals surface area contributed by atoms with Crippen LogP contribution in [0.4, 0.5) is 0 Å². The highest BCUT2D eigenvalue weighted by Gasteiger charge is 2.44. The summed E-state index contributed by atoms with van der Waals surface area (Å²) in [5, 5.41) is 40.1. The summed E-state index contributed by atoms with van der Waals surface area (Å²) in [7, 11) is 0. The molecule has 4 N–H and O–H groups in total. The Kier molecular flexibility index (Phi) is 37.5. The minimum absolute atomic E-state index is 0.115. The van der Waals surface area contributed by atoms with Crippen molar-refractivity contribution in [3.63, 3.8) is 0 Å². The van der Waals surface area contributed by atoms with Crippen molar-refractivity contribution in [1.29, 1.82) is 0 Å². The number of carbonyl (C=O) groups excluding carboxylic acids is 1. The number of esters is 1. The summed E-state index contributed by atoms with van der Waals surface area (Å²) >= 11 is 0. The van der Waals surface area contributed by atoms with Gasteiger partial charge in [-0.2, -0.15) is 0 Å². The van der Waals surface area contributed by atoms with Crippen molar-refractivity contribution in [2.24, 2.45) is 0 Å². The Morgan fingerprint density at radius 1 is 0.569 bits per heavy atom. The van der Waals surface area contributed by atoms with Crippen molar-refractivity contribution in [2.45, 2.75) is 218 Å². The maximum atomic E-state index is 12.8. The molecule has 6 atom stereocenters. The zero-order valence-electron chi connectivity index (χ0n) is 36.8. The summed E-state index contributed by atoms with van der Waals surface area (Å²) in [5.74, 6) is -0.328. The number of ether oxygens (including phenoxy) is 4. The third-order valence-corrected chi connectivity index (χ3v) is 10.4. The largest absolute Gasteiger partial charge is 0.457 e. The van der Waals surface area contributed by atoms with Crippen molar-refractivity contribution in [2.75, 3.05) is 26.4 Å². The predicted octanol–water partition coefficient (Wildman–Crippen LogP) is 10.7. The highest BCUT2D eigenvalue weighted by atomic mass is 16.7. The smallest absolute Gasteiger partial charge is 0.306 e. The molecule has 0 aliphatic carbocycles. The normalized spacial score (nSPS) is 20.8. The Balaban J connectivity index is 2.29. The standard InChI is InChI=1S/C49H86O9/c1-3-5-7-9-11-13-15-17-19-21-23-25-27-29-31-33-35-37-39-55-41-43(42-56-49-48(54)47(53)46(52)44(40-50)58-49)57-45(51)38-36-34-32-30-28-26-24-22-20-18-16-14-12-10-8-6-4-2/h5,7,11,13,17,19,23,25,29,31,43-44,46-50,52-54H,3-4,6,8-10,12,14-16,18,20-22,24,26-28,30,32-42H2,1-2H3/b7-5-,13-11-,19-17-,25-23-,31-29-. The van der Waals surface area contributed by atoms with Crippen LogP contribution in [0.5, 0.6) is 0 Å². The second-order valence-corrected chi connectivity index (χ2v) is 15.8. The van der Waals surface area contributed by atoms with Gasteiger partial charge in [-0.05, 0) is 57.8 Å². The van der Waals surface area contributed by atoms with Crippen LogP contribution in [-0.2, 0) is 23.7 Å². The van der Waals surface area contributed by atoms with E-state index in [0.717, 1.165) is 70.6 Å². The zero-order valence-corrected chi connectivity index (χ0v) is 36.8. The van der Waals surface area contributed by atoms with Crippen LogP contribution in [-0.4, -0.2) is 89.6 Å². The van der Waals surface area contributed by atoms with Crippen molar-refractivity contribution in [1.82, 2.24) is 0 Å². The number of carbonyl (C=O) groups is 1. The molecule has 0 radical (unpaired) electrons. The second-order valence-electron chi connectivity index (χ2n) is 15.8. The van der Waals surface area contributed by atoms with Crippen molar-refractivity contribution in [3.05, 3.63) is 60.8 Å². The number of hydrogen-bond donors (Lipinski definition) is 4. The first-order valence-electron chi connectivity index (χ1n) is 23.4. The van der Waals surface area contributed by atoms with Gasteiger partial charge in [-0.25, -0.2) is 0 Å². The molecule has 0 bridgehead atoms. The fraction of sp³-hybridized carbons (Fsp3) is 0.776. The van der Waals surface area contributed by atoms with E-state index in [9.17, 15) is 25.2 Å². The molecule has 1 heterocycles. The highest BCUT2D eigenvalue weighted by molar-refractivity contribution is 5.69. The zero-order chi connectivity index (χ0) is 42.2. The van der Waals surface area contributed by atoms with Crippen molar-refractivity contribution < 1.29 is 44.2 Å². The van der Waals surface area contributed by atoms with Crippen LogP contribution in [0.3, 0.4) is 0 Å². The SMILES string of the molecule is CC/C=C\C/C=C\C/C=C\C/C=C\C/C=C\CCCCOCC(COC1OC(CO)C(O)C(O)C1O)OC(=O)CCCCCCCCCCCCCCCCCCC. The summed E-state index contributed by atoms with van der Waals surface area (Å²) in [6.45, 7) is 4.35. The third kappa shape index (κ3) is 30.9. The first-order valence-corrected chi connectivity index (χ1v) is 23.4. The average molecular weight is 819 g/mol. The van der Waals surface area contributed by atoms with E-state index in [1.807, 2.05) is 0 Å². The molecule has 1 aliphatic heterocycles. The molecule has 1 rings (SSSR count). The van der Waals surface area contributed by atoms with Gasteiger partial charge in [0.25, 0.3) is 0 Å². The van der Waals surface area contributed by atoms with E-state index in [2.05, 4.69) is 74.6 Å². The van der Waals surface area contributed by atoms with Gasteiger partial charge in [-0.1, -0.05) is 177 Å². The third-order valence-electron chi connectivity index (χ3n) is 10.4. The summed E-state index contributed by atoms with van der Waals surface area (Å²) in [5.41, 5.74) is 0. The van der Waals surface area contributed by atoms with Crippen LogP contribution >= 0.6 is 0 Å². The minimum Gasteiger partial charge on any atom is -0.457 e. The van der Waals surface area contributed by atoms with E-state index < -0.39 is 43.4 Å². The van der Waals surface area contributed by atoms with Crippen LogP contribution in [0, 0.1) is 0 Å². The van der Waals surface area contributed by atoms with Gasteiger partial charge in [0.05, 0.1) is 19.8 Å². The Labute approximate surface area is 354 Å². The fourth-order valence-electron chi connectivity index (χ4n) is 6.81. The van der Waals surface area contributed by atoms with E-state index in [1.165, 1.54) is 89.9 Å². The number of allylic oxidation sites excluding steroid dienone is 10. The molecule has 9 heteroatoms. The summed E-state index contributed by atoms with van der Waals surface area (Å²) in [4.78, 5) is 12.8. The lowest BCUT2D eigenvalue weighted by Crippen LogP contribution is -2.59. The summed E-state index contributed by atoms with van der Waals surface area (Å²) in [6, 6.07) is 0. The number of hydrogen-bond acceptors (Lipinski definition) is 9. The molecule has 0 aromatic rings. The Morgan fingerprint density at radius 2 is 1.05 bits per heavy atom. The van der Waals surface area contributed by atoms with Gasteiger partial charge in [0.1, 0.15) is 30.5 Å². The molecule has 0 aromatic heterocycles. The van der Waals surface area contributed by atoms with Crippen LogP contribution in [0.1, 0.15) is 181 Å². The first kappa shape index (κ1) is 53.9. The second kappa shape index (κ2) is 40.3. The molecule has 1 fully saturated rings. The molecule has 58 heavy (non-hydrogen) atoms. The maximum absolute atomic E-state index is 12.8. The Hall–Kier alpha value is -2.11. The van der Waals surface area contributed by atoms with Gasteiger partial charge >= 0.3 is 5.97 Å². The van der Waals surface area contributed by atoms with Gasteiger partial charge in [0, 0.05) is 13.0 Å². The molecule has 0 amide bonds. The van der Waals surface area contributed by atoms with Gasteiger partial charge in [-0.15, -0.1) is 0 Å². The molecule has 6 unspecified atom stereocenters. The van der Waals surface area contributed by atoms with Gasteiger partial charge in [0.2, 0.25) is 0 Å². The van der Waals surface area contributed by atoms with E-state index in [-0.39, 0.29) is 19.2 Å². The van der Waals surface area contributed by atoms with Crippen LogP contribution in [0.25, 0.3) is 0 Å². The lowest BCUT2D eigenvalue weighted by atomic mass is 9.99. The van der Waals surface area contributed by atoms with E-state index in [4.69, 9.17) is 18.9 Å². The molecule has 0 saturated carbocycles. The lowest BCUT2D eigenvalue weighted by Gasteiger charge is -2.39. The molecular weight excluding hydrogens is 733 g/mol. The predicted molar refractivity (Wildman–Crippen MR) is 238 cm³/mol. The molecule has 336 valence electrons. The molecule has 1 aliphatic rings. The first-order chi connectivity index (χ1) is 28.4. The lowest BCUT2D eigenvalue weighted by molar-refractivity contribution is -0.305. The maximum Gasteiger partial charge on any atom is 0.306 e. The topological polar surface area (TPSA) is 135 Å². The monoisotopic (exact) mass is 819 g/mol. The molecule has 0 aromatic carbocycles. The van der Waals surface area contributed by atoms with Crippen LogP contribution in [0.15, 0.2) is 60.8 Å². The number of aliphatic hydroxyl groups excluding tert-OH is 4. The van der Waals surface area contributed by atoms with E-state index in [1.54, 1.807) is 0 Å². The van der Waals surface area contributed by atoms with E-state index in [0.29, 0.717) is 13.0 Å². The van der Waals surface area contributed by atoms with Gasteiger partial charge < -0.3 is 39.4 Å². The van der Waals surface area contributed by atoms with Crippen LogP contribution in [0.2, 0.25) is 0 Å². The fourth-order valence-corrected chi connectivity index (χ4v) is 6.81. The minimum atomic E-state index is -1.55. The number of unbranched alkanes of at least 4 members (excludes halogenated alkanes) is 18. The summed E-state index contributed by atoms with van der Waals surface area (Å²) in [6.07, 6.45) is 43.9. The molecule has 1 saturated heterocycles. The summed E-state index contributed by atoms with van der Waals surface area (Å²) < 4.78 is 22.8. The van der Waals surface area contributed by atoms with Gasteiger partial charge in [-0.3, -0.25) is 4.79 Å².